The Kier molecular flexibility index (Phi) is 5.72. The number of hydrogen-bond donors (Lipinski definition) is 0. The van der Waals surface area contributed by atoms with Crippen LogP contribution in [-0.2, 0) is 14.9 Å². The van der Waals surface area contributed by atoms with Gasteiger partial charge in [0, 0.05) is 11.0 Å². The lowest BCUT2D eigenvalue weighted by Crippen LogP contribution is -2.18. The Hall–Kier alpha value is -4.91. The molecular formula is C32H24O7. The van der Waals surface area contributed by atoms with Gasteiger partial charge in [0.05, 0.1) is 16.7 Å². The minimum atomic E-state index is -0.665. The Balaban J connectivity index is 1.15. The van der Waals surface area contributed by atoms with Crippen molar-refractivity contribution in [1.82, 2.24) is 0 Å². The van der Waals surface area contributed by atoms with Gasteiger partial charge in [-0.15, -0.1) is 0 Å². The highest BCUT2D eigenvalue weighted by Gasteiger charge is 2.30. The van der Waals surface area contributed by atoms with Crippen molar-refractivity contribution < 1.29 is 33.3 Å². The molecule has 0 saturated heterocycles. The third kappa shape index (κ3) is 4.42. The topological polar surface area (TPSA) is 88.1 Å². The second-order valence-corrected chi connectivity index (χ2v) is 10.1. The van der Waals surface area contributed by atoms with Crippen molar-refractivity contribution >= 4 is 17.9 Å². The lowest BCUT2D eigenvalue weighted by Gasteiger charge is -2.26. The molecule has 39 heavy (non-hydrogen) atoms. The van der Waals surface area contributed by atoms with Crippen molar-refractivity contribution in [3.8, 4) is 23.0 Å². The highest BCUT2D eigenvalue weighted by molar-refractivity contribution is 6.14. The Bertz CT molecular complexity index is 1630. The first-order valence-electron chi connectivity index (χ1n) is 12.5. The third-order valence-electron chi connectivity index (χ3n) is 7.20. The number of cyclic esters (lactones) is 3. The van der Waals surface area contributed by atoms with Crippen molar-refractivity contribution in [2.24, 2.45) is 0 Å². The minimum Gasteiger partial charge on any atom is -0.457 e. The fourth-order valence-electron chi connectivity index (χ4n) is 4.86. The Morgan fingerprint density at radius 3 is 1.67 bits per heavy atom. The maximum absolute atomic E-state index is 11.9. The van der Waals surface area contributed by atoms with Crippen molar-refractivity contribution in [1.29, 1.82) is 0 Å². The summed E-state index contributed by atoms with van der Waals surface area (Å²) in [5.74, 6) is 0.777. The molecule has 1 atom stereocenters. The summed E-state index contributed by atoms with van der Waals surface area (Å²) < 4.78 is 21.9. The molecule has 1 unspecified atom stereocenters. The predicted molar refractivity (Wildman–Crippen MR) is 142 cm³/mol. The molecule has 0 amide bonds. The van der Waals surface area contributed by atoms with Crippen LogP contribution in [0.3, 0.4) is 0 Å². The number of fused-ring (bicyclic) bond motifs is 2. The molecule has 7 heteroatoms. The molecule has 2 heterocycles. The van der Waals surface area contributed by atoms with Gasteiger partial charge in [-0.3, -0.25) is 0 Å². The summed E-state index contributed by atoms with van der Waals surface area (Å²) in [6.45, 7) is 6.12. The fraction of sp³-hybridized carbons (Fsp3) is 0.156. The summed E-state index contributed by atoms with van der Waals surface area (Å²) in [7, 11) is 0. The van der Waals surface area contributed by atoms with Gasteiger partial charge in [0.1, 0.15) is 29.1 Å². The summed E-state index contributed by atoms with van der Waals surface area (Å²) in [5.41, 5.74) is 3.76. The molecule has 0 spiro atoms. The van der Waals surface area contributed by atoms with Crippen LogP contribution in [0.25, 0.3) is 0 Å². The largest absolute Gasteiger partial charge is 0.457 e. The van der Waals surface area contributed by atoms with Crippen LogP contribution >= 0.6 is 0 Å². The van der Waals surface area contributed by atoms with Gasteiger partial charge in [-0.2, -0.15) is 0 Å². The number of esters is 3. The lowest BCUT2D eigenvalue weighted by molar-refractivity contribution is 0.0415. The summed E-state index contributed by atoms with van der Waals surface area (Å²) in [4.78, 5) is 35.3. The summed E-state index contributed by atoms with van der Waals surface area (Å²) in [5, 5.41) is 0. The molecule has 0 bridgehead atoms. The number of carbonyl (C=O) groups is 3. The molecule has 0 radical (unpaired) electrons. The minimum absolute atomic E-state index is 0.206. The van der Waals surface area contributed by atoms with Crippen LogP contribution in [0.15, 0.2) is 84.9 Å². The summed E-state index contributed by atoms with van der Waals surface area (Å²) in [6, 6.07) is 25.7. The van der Waals surface area contributed by atoms with E-state index in [1.807, 2.05) is 61.5 Å². The fourth-order valence-corrected chi connectivity index (χ4v) is 4.86. The summed E-state index contributed by atoms with van der Waals surface area (Å²) >= 11 is 0. The number of rotatable bonds is 6. The van der Waals surface area contributed by atoms with E-state index >= 15 is 0 Å². The summed E-state index contributed by atoms with van der Waals surface area (Å²) in [6.07, 6.45) is -0.283. The first-order valence-corrected chi connectivity index (χ1v) is 12.5. The van der Waals surface area contributed by atoms with Crippen LogP contribution in [0.2, 0.25) is 0 Å². The molecule has 2 aliphatic rings. The van der Waals surface area contributed by atoms with E-state index in [1.54, 1.807) is 18.2 Å². The van der Waals surface area contributed by atoms with Crippen LogP contribution < -0.4 is 9.47 Å². The normalized spacial score (nSPS) is 15.9. The molecule has 2 aliphatic heterocycles. The number of carbonyl (C=O) groups excluding carboxylic acids is 3. The van der Waals surface area contributed by atoms with Gasteiger partial charge in [-0.25, -0.2) is 14.4 Å². The van der Waals surface area contributed by atoms with Gasteiger partial charge >= 0.3 is 17.9 Å². The van der Waals surface area contributed by atoms with E-state index in [2.05, 4.69) is 18.6 Å². The van der Waals surface area contributed by atoms with E-state index in [1.165, 1.54) is 12.1 Å². The molecule has 0 saturated carbocycles. The molecule has 0 aliphatic carbocycles. The maximum atomic E-state index is 11.9. The smallest absolute Gasteiger partial charge is 0.347 e. The van der Waals surface area contributed by atoms with Crippen molar-refractivity contribution in [3.63, 3.8) is 0 Å². The zero-order valence-electron chi connectivity index (χ0n) is 21.5. The van der Waals surface area contributed by atoms with Gasteiger partial charge < -0.3 is 18.9 Å². The van der Waals surface area contributed by atoms with Crippen LogP contribution in [0.5, 0.6) is 23.0 Å². The van der Waals surface area contributed by atoms with Gasteiger partial charge in [0.2, 0.25) is 0 Å². The van der Waals surface area contributed by atoms with Gasteiger partial charge in [-0.05, 0) is 78.7 Å². The number of hydrogen-bond acceptors (Lipinski definition) is 7. The Morgan fingerprint density at radius 1 is 0.590 bits per heavy atom. The average Bonchev–Trinajstić information content (AvgIpc) is 3.37. The number of ether oxygens (including phenoxy) is 4. The van der Waals surface area contributed by atoms with E-state index in [-0.39, 0.29) is 28.6 Å². The van der Waals surface area contributed by atoms with Gasteiger partial charge in [0.25, 0.3) is 0 Å². The molecular weight excluding hydrogens is 496 g/mol. The Labute approximate surface area is 224 Å². The van der Waals surface area contributed by atoms with Crippen molar-refractivity contribution in [2.45, 2.75) is 32.3 Å². The lowest BCUT2D eigenvalue weighted by atomic mass is 9.78. The molecule has 0 N–H and O–H groups in total. The van der Waals surface area contributed by atoms with Gasteiger partial charge in [-0.1, -0.05) is 38.1 Å². The molecule has 7 nitrogen and oxygen atoms in total. The highest BCUT2D eigenvalue weighted by Crippen LogP contribution is 2.37. The maximum Gasteiger partial charge on any atom is 0.347 e. The third-order valence-corrected chi connectivity index (χ3v) is 7.20. The van der Waals surface area contributed by atoms with E-state index in [4.69, 9.17) is 14.2 Å². The number of benzene rings is 4. The second-order valence-electron chi connectivity index (χ2n) is 10.1. The van der Waals surface area contributed by atoms with Crippen LogP contribution in [0, 0.1) is 0 Å². The quantitative estimate of drug-likeness (QED) is 0.197. The zero-order valence-corrected chi connectivity index (χ0v) is 21.5. The molecule has 0 fully saturated rings. The zero-order chi connectivity index (χ0) is 27.3. The Morgan fingerprint density at radius 2 is 1.08 bits per heavy atom. The predicted octanol–water partition coefficient (Wildman–Crippen LogP) is 7.14. The molecule has 4 aromatic rings. The molecule has 6 rings (SSSR count). The molecule has 4 aromatic carbocycles. The van der Waals surface area contributed by atoms with Crippen LogP contribution in [0.1, 0.15) is 74.6 Å². The van der Waals surface area contributed by atoms with Gasteiger partial charge in [0.15, 0.2) is 0 Å². The monoisotopic (exact) mass is 520 g/mol. The van der Waals surface area contributed by atoms with Crippen LogP contribution in [-0.4, -0.2) is 17.9 Å². The highest BCUT2D eigenvalue weighted by atomic mass is 16.6. The van der Waals surface area contributed by atoms with Crippen LogP contribution in [0.4, 0.5) is 0 Å². The van der Waals surface area contributed by atoms with E-state index in [9.17, 15) is 14.4 Å². The van der Waals surface area contributed by atoms with Crippen molar-refractivity contribution in [3.05, 3.63) is 118 Å². The van der Waals surface area contributed by atoms with E-state index in [0.29, 0.717) is 28.6 Å². The standard InChI is InChI=1S/C32H24O7/c1-18-27-16-23(12-14-25(27)29(33)36-18)37-21-8-4-19(5-9-21)32(2,3)20-6-10-22(11-7-20)38-24-13-15-26-28(17-24)31(35)39-30(26)34/h4-18H,1-3H3. The second kappa shape index (κ2) is 9.13. The average molecular weight is 521 g/mol. The first-order chi connectivity index (χ1) is 18.7. The molecule has 194 valence electrons. The molecule has 0 aromatic heterocycles. The van der Waals surface area contributed by atoms with E-state index < -0.39 is 11.9 Å². The SMILES string of the molecule is CC1OC(=O)c2ccc(Oc3ccc(C(C)(C)c4ccc(Oc5ccc6c(c5)C(=O)OC6=O)cc4)cc3)cc21. The first kappa shape index (κ1) is 24.4. The van der Waals surface area contributed by atoms with Crippen molar-refractivity contribution in [2.75, 3.05) is 0 Å². The van der Waals surface area contributed by atoms with E-state index in [0.717, 1.165) is 16.7 Å².